The van der Waals surface area contributed by atoms with Crippen molar-refractivity contribution in [1.82, 2.24) is 0 Å². The normalized spacial score (nSPS) is 23.5. The quantitative estimate of drug-likeness (QED) is 0.154. The van der Waals surface area contributed by atoms with Crippen molar-refractivity contribution in [1.29, 1.82) is 0 Å². The molecule has 226 valence electrons. The summed E-state index contributed by atoms with van der Waals surface area (Å²) in [7, 11) is 0. The smallest absolute Gasteiger partial charge is 0.303 e. The fourth-order valence-electron chi connectivity index (χ4n) is 8.79. The molecule has 1 N–H and O–H groups in total. The number of unbranched alkanes of at least 4 members (excludes halogenated alkanes) is 2. The lowest BCUT2D eigenvalue weighted by molar-refractivity contribution is -0.674. The van der Waals surface area contributed by atoms with Gasteiger partial charge in [0, 0.05) is 53.2 Å². The van der Waals surface area contributed by atoms with E-state index in [-0.39, 0.29) is 24.0 Å². The molecule has 5 aromatic rings. The van der Waals surface area contributed by atoms with Gasteiger partial charge >= 0.3 is 5.97 Å². The van der Waals surface area contributed by atoms with E-state index in [1.807, 2.05) is 11.3 Å². The Morgan fingerprint density at radius 3 is 2.58 bits per heavy atom. The molecule has 1 aromatic heterocycles. The second-order valence-electron chi connectivity index (χ2n) is 13.4. The molecule has 4 aliphatic rings. The topological polar surface area (TPSA) is 53.6 Å². The van der Waals surface area contributed by atoms with Gasteiger partial charge in [-0.15, -0.1) is 0 Å². The number of aryl methyl sites for hydroxylation is 1. The first kappa shape index (κ1) is 27.3. The number of nitrogens with zero attached hydrogens (tertiary/aromatic N) is 2. The SMILES string of the molecule is CC1(CCCCCC(=O)O)C2=C3C=C4c5sc6c7ccccc7ccc6[n+]5CCC4OC3CCN2c2ccc3ccccc3c21. The van der Waals surface area contributed by atoms with Gasteiger partial charge in [0.05, 0.1) is 17.8 Å². The number of carbonyl (C=O) groups is 1. The molecular formula is C39H37N2O3S+. The van der Waals surface area contributed by atoms with Gasteiger partial charge in [-0.05, 0) is 66.1 Å². The number of allylic oxidation sites excluding steroid dienone is 1. The maximum atomic E-state index is 11.2. The molecule has 0 aliphatic carbocycles. The number of aliphatic carboxylic acids is 1. The zero-order valence-corrected chi connectivity index (χ0v) is 26.4. The molecular weight excluding hydrogens is 577 g/mol. The molecule has 45 heavy (non-hydrogen) atoms. The lowest BCUT2D eigenvalue weighted by Crippen LogP contribution is -2.48. The van der Waals surface area contributed by atoms with E-state index in [1.54, 1.807) is 0 Å². The molecule has 0 fully saturated rings. The van der Waals surface area contributed by atoms with Gasteiger partial charge in [0.15, 0.2) is 6.54 Å². The summed E-state index contributed by atoms with van der Waals surface area (Å²) < 4.78 is 11.0. The fourth-order valence-corrected chi connectivity index (χ4v) is 10.2. The van der Waals surface area contributed by atoms with Crippen molar-refractivity contribution in [3.05, 3.63) is 101 Å². The monoisotopic (exact) mass is 613 g/mol. The largest absolute Gasteiger partial charge is 0.481 e. The van der Waals surface area contributed by atoms with Gasteiger partial charge < -0.3 is 14.7 Å². The van der Waals surface area contributed by atoms with Gasteiger partial charge in [-0.25, -0.2) is 0 Å². The number of rotatable bonds is 6. The molecule has 0 amide bonds. The van der Waals surface area contributed by atoms with Crippen LogP contribution in [0.15, 0.2) is 90.1 Å². The predicted molar refractivity (Wildman–Crippen MR) is 182 cm³/mol. The Bertz CT molecular complexity index is 2110. The Labute approximate surface area is 267 Å². The number of carboxylic acids is 1. The van der Waals surface area contributed by atoms with Crippen LogP contribution in [0.1, 0.15) is 62.4 Å². The first-order chi connectivity index (χ1) is 22.0. The highest BCUT2D eigenvalue weighted by molar-refractivity contribution is 7.20. The lowest BCUT2D eigenvalue weighted by atomic mass is 9.72. The standard InChI is InChI=1S/C39H36N2O3S/c1-39(20-8-2-3-13-34(42)43)35-26-11-6-4-9-24(26)14-16-30(35)40-21-18-32-28(37(39)40)23-29-33(44-32)19-22-41-31-17-15-25-10-5-7-12-27(25)36(31)45-38(29)41/h4-7,9-12,14-17,23,32-33H,2-3,8,13,18-22H2,1H3/p+1. The van der Waals surface area contributed by atoms with Crippen LogP contribution < -0.4 is 9.47 Å². The van der Waals surface area contributed by atoms with Crippen LogP contribution in [0.3, 0.4) is 0 Å². The number of hydrogen-bond donors (Lipinski definition) is 1. The zero-order chi connectivity index (χ0) is 30.3. The van der Waals surface area contributed by atoms with Crippen LogP contribution in [0.2, 0.25) is 0 Å². The van der Waals surface area contributed by atoms with Crippen molar-refractivity contribution < 1.29 is 19.2 Å². The molecule has 5 heterocycles. The Kier molecular flexibility index (Phi) is 6.23. The van der Waals surface area contributed by atoms with Crippen molar-refractivity contribution in [2.24, 2.45) is 0 Å². The van der Waals surface area contributed by atoms with Crippen LogP contribution in [0.4, 0.5) is 5.69 Å². The molecule has 4 aromatic carbocycles. The van der Waals surface area contributed by atoms with Gasteiger partial charge in [0.1, 0.15) is 4.70 Å². The average molecular weight is 614 g/mol. The van der Waals surface area contributed by atoms with E-state index < -0.39 is 5.97 Å². The summed E-state index contributed by atoms with van der Waals surface area (Å²) in [4.78, 5) is 13.8. The van der Waals surface area contributed by atoms with Gasteiger partial charge in [0.2, 0.25) is 5.52 Å². The van der Waals surface area contributed by atoms with Crippen LogP contribution in [0.5, 0.6) is 0 Å². The van der Waals surface area contributed by atoms with E-state index in [0.29, 0.717) is 0 Å². The minimum Gasteiger partial charge on any atom is -0.481 e. The van der Waals surface area contributed by atoms with Crippen molar-refractivity contribution in [3.63, 3.8) is 0 Å². The number of fused-ring (bicyclic) bond motifs is 13. The molecule has 3 unspecified atom stereocenters. The van der Waals surface area contributed by atoms with Crippen molar-refractivity contribution >= 4 is 60.3 Å². The van der Waals surface area contributed by atoms with E-state index >= 15 is 0 Å². The Morgan fingerprint density at radius 2 is 1.73 bits per heavy atom. The number of aromatic nitrogens is 1. The molecule has 0 spiro atoms. The molecule has 5 nitrogen and oxygen atoms in total. The van der Waals surface area contributed by atoms with Crippen LogP contribution in [0, 0.1) is 0 Å². The minimum absolute atomic E-state index is 0.0960. The minimum atomic E-state index is -0.705. The first-order valence-electron chi connectivity index (χ1n) is 16.5. The molecule has 0 saturated heterocycles. The Morgan fingerprint density at radius 1 is 0.956 bits per heavy atom. The summed E-state index contributed by atoms with van der Waals surface area (Å²) in [5.41, 5.74) is 7.96. The third-order valence-electron chi connectivity index (χ3n) is 10.8. The van der Waals surface area contributed by atoms with E-state index in [4.69, 9.17) is 4.74 Å². The molecule has 4 aliphatic heterocycles. The molecule has 6 heteroatoms. The zero-order valence-electron chi connectivity index (χ0n) is 25.6. The van der Waals surface area contributed by atoms with Gasteiger partial charge in [-0.1, -0.05) is 78.8 Å². The summed E-state index contributed by atoms with van der Waals surface area (Å²) in [6.45, 7) is 4.37. The molecule has 3 atom stereocenters. The highest BCUT2D eigenvalue weighted by Gasteiger charge is 2.50. The maximum Gasteiger partial charge on any atom is 0.303 e. The van der Waals surface area contributed by atoms with Crippen LogP contribution >= 0.6 is 11.3 Å². The van der Waals surface area contributed by atoms with E-state index in [1.165, 1.54) is 64.9 Å². The number of carboxylic acid groups (broad SMARTS) is 1. The van der Waals surface area contributed by atoms with Crippen LogP contribution in [-0.4, -0.2) is 29.8 Å². The average Bonchev–Trinajstić information content (AvgIpc) is 3.57. The molecule has 0 radical (unpaired) electrons. The number of anilines is 1. The van der Waals surface area contributed by atoms with E-state index in [0.717, 1.165) is 51.6 Å². The molecule has 0 saturated carbocycles. The summed E-state index contributed by atoms with van der Waals surface area (Å²) in [6.07, 6.45) is 8.58. The third kappa shape index (κ3) is 4.08. The van der Waals surface area contributed by atoms with Crippen molar-refractivity contribution in [2.45, 2.75) is 76.0 Å². The second-order valence-corrected chi connectivity index (χ2v) is 14.4. The number of benzene rings is 4. The van der Waals surface area contributed by atoms with Gasteiger partial charge in [0.25, 0.3) is 5.01 Å². The Balaban J connectivity index is 1.22. The van der Waals surface area contributed by atoms with Gasteiger partial charge in [-0.2, -0.15) is 4.57 Å². The van der Waals surface area contributed by atoms with E-state index in [2.05, 4.69) is 95.3 Å². The lowest BCUT2D eigenvalue weighted by Gasteiger charge is -2.42. The fraction of sp³-hybridized carbons (Fsp3) is 0.333. The van der Waals surface area contributed by atoms with Crippen molar-refractivity contribution in [3.8, 4) is 0 Å². The van der Waals surface area contributed by atoms with Crippen molar-refractivity contribution in [2.75, 3.05) is 11.4 Å². The van der Waals surface area contributed by atoms with Crippen LogP contribution in [-0.2, 0) is 21.5 Å². The summed E-state index contributed by atoms with van der Waals surface area (Å²) >= 11 is 1.92. The number of ether oxygens (including phenoxy) is 1. The summed E-state index contributed by atoms with van der Waals surface area (Å²) in [5, 5.41) is 15.8. The third-order valence-corrected chi connectivity index (χ3v) is 12.1. The maximum absolute atomic E-state index is 11.2. The summed E-state index contributed by atoms with van der Waals surface area (Å²) in [5.74, 6) is -0.705. The number of thiazole rings is 1. The summed E-state index contributed by atoms with van der Waals surface area (Å²) in [6, 6.07) is 26.7. The van der Waals surface area contributed by atoms with Gasteiger partial charge in [-0.3, -0.25) is 4.79 Å². The highest BCUT2D eigenvalue weighted by atomic mass is 32.1. The highest BCUT2D eigenvalue weighted by Crippen LogP contribution is 2.57. The van der Waals surface area contributed by atoms with Crippen LogP contribution in [0.25, 0.3) is 37.3 Å². The molecule has 0 bridgehead atoms. The predicted octanol–water partition coefficient (Wildman–Crippen LogP) is 8.52. The Hall–Kier alpha value is -4.00. The first-order valence-corrected chi connectivity index (χ1v) is 17.3. The van der Waals surface area contributed by atoms with E-state index in [9.17, 15) is 9.90 Å². The number of hydrogen-bond acceptors (Lipinski definition) is 4. The molecule has 9 rings (SSSR count). The second kappa shape index (κ2) is 10.3.